The van der Waals surface area contributed by atoms with Gasteiger partial charge < -0.3 is 0 Å². The first-order chi connectivity index (χ1) is 8.73. The van der Waals surface area contributed by atoms with Crippen molar-refractivity contribution in [1.82, 2.24) is 10.4 Å². The molecule has 1 heterocycles. The maximum atomic E-state index is 3.60. The van der Waals surface area contributed by atoms with E-state index in [1.165, 1.54) is 77.3 Å². The molecule has 1 N–H and O–H groups in total. The van der Waals surface area contributed by atoms with Gasteiger partial charge in [0.25, 0.3) is 0 Å². The molecule has 0 spiro atoms. The summed E-state index contributed by atoms with van der Waals surface area (Å²) >= 11 is 0. The highest BCUT2D eigenvalue weighted by Gasteiger charge is 2.32. The molecule has 18 heavy (non-hydrogen) atoms. The molecular formula is C16H34N2. The summed E-state index contributed by atoms with van der Waals surface area (Å²) in [5.74, 6) is 0. The molecule has 0 amide bonds. The van der Waals surface area contributed by atoms with Crippen LogP contribution in [0.4, 0.5) is 0 Å². The highest BCUT2D eigenvalue weighted by Crippen LogP contribution is 2.29. The predicted octanol–water partition coefficient (Wildman–Crippen LogP) is 4.51. The van der Waals surface area contributed by atoms with Gasteiger partial charge in [0.05, 0.1) is 0 Å². The lowest BCUT2D eigenvalue weighted by Crippen LogP contribution is -2.50. The molecule has 0 saturated carbocycles. The standard InChI is InChI=1S/C16H34N2/c1-4-6-8-10-13-16(3,12-9-7-5-2)18-15-11-14-17-18/h17H,4-15H2,1-3H3. The molecule has 1 unspecified atom stereocenters. The fourth-order valence-corrected chi connectivity index (χ4v) is 3.07. The maximum Gasteiger partial charge on any atom is 0.0326 e. The van der Waals surface area contributed by atoms with Gasteiger partial charge in [0, 0.05) is 18.6 Å². The van der Waals surface area contributed by atoms with Gasteiger partial charge in [0.1, 0.15) is 0 Å². The molecule has 0 radical (unpaired) electrons. The Labute approximate surface area is 114 Å². The van der Waals surface area contributed by atoms with E-state index in [0.717, 1.165) is 0 Å². The van der Waals surface area contributed by atoms with Crippen molar-refractivity contribution >= 4 is 0 Å². The van der Waals surface area contributed by atoms with Gasteiger partial charge in [0.2, 0.25) is 0 Å². The highest BCUT2D eigenvalue weighted by molar-refractivity contribution is 4.86. The van der Waals surface area contributed by atoms with Gasteiger partial charge in [-0.25, -0.2) is 5.01 Å². The summed E-state index contributed by atoms with van der Waals surface area (Å²) in [6.45, 7) is 9.50. The van der Waals surface area contributed by atoms with Crippen LogP contribution in [0, 0.1) is 0 Å². The van der Waals surface area contributed by atoms with E-state index in [1.807, 2.05) is 0 Å². The van der Waals surface area contributed by atoms with Crippen LogP contribution in [0.5, 0.6) is 0 Å². The monoisotopic (exact) mass is 254 g/mol. The smallest absolute Gasteiger partial charge is 0.0326 e. The molecule has 0 bridgehead atoms. The van der Waals surface area contributed by atoms with E-state index in [9.17, 15) is 0 Å². The lowest BCUT2D eigenvalue weighted by molar-refractivity contribution is 0.0613. The summed E-state index contributed by atoms with van der Waals surface area (Å²) in [4.78, 5) is 0. The summed E-state index contributed by atoms with van der Waals surface area (Å²) < 4.78 is 0. The second-order valence-corrected chi connectivity index (χ2v) is 6.18. The van der Waals surface area contributed by atoms with Crippen LogP contribution in [0.25, 0.3) is 0 Å². The fourth-order valence-electron chi connectivity index (χ4n) is 3.07. The van der Waals surface area contributed by atoms with Crippen LogP contribution in [0.3, 0.4) is 0 Å². The van der Waals surface area contributed by atoms with E-state index < -0.39 is 0 Å². The summed E-state index contributed by atoms with van der Waals surface area (Å²) in [7, 11) is 0. The van der Waals surface area contributed by atoms with Gasteiger partial charge in [-0.05, 0) is 26.2 Å². The zero-order valence-electron chi connectivity index (χ0n) is 12.9. The first-order valence-corrected chi connectivity index (χ1v) is 8.24. The summed E-state index contributed by atoms with van der Waals surface area (Å²) in [6.07, 6.45) is 13.7. The van der Waals surface area contributed by atoms with Gasteiger partial charge in [-0.15, -0.1) is 0 Å². The van der Waals surface area contributed by atoms with Crippen LogP contribution in [-0.2, 0) is 0 Å². The van der Waals surface area contributed by atoms with Crippen LogP contribution < -0.4 is 5.43 Å². The van der Waals surface area contributed by atoms with E-state index in [-0.39, 0.29) is 0 Å². The molecular weight excluding hydrogens is 220 g/mol. The van der Waals surface area contributed by atoms with E-state index in [0.29, 0.717) is 5.54 Å². The van der Waals surface area contributed by atoms with Gasteiger partial charge in [-0.2, -0.15) is 0 Å². The van der Waals surface area contributed by atoms with Crippen LogP contribution in [0.15, 0.2) is 0 Å². The zero-order valence-corrected chi connectivity index (χ0v) is 12.9. The van der Waals surface area contributed by atoms with Crippen LogP contribution in [0.1, 0.15) is 85.0 Å². The van der Waals surface area contributed by atoms with E-state index in [4.69, 9.17) is 0 Å². The van der Waals surface area contributed by atoms with Crippen LogP contribution >= 0.6 is 0 Å². The predicted molar refractivity (Wildman–Crippen MR) is 80.6 cm³/mol. The Hall–Kier alpha value is -0.0800. The van der Waals surface area contributed by atoms with E-state index >= 15 is 0 Å². The second-order valence-electron chi connectivity index (χ2n) is 6.18. The molecule has 2 nitrogen and oxygen atoms in total. The van der Waals surface area contributed by atoms with E-state index in [1.54, 1.807) is 0 Å². The maximum absolute atomic E-state index is 3.60. The largest absolute Gasteiger partial charge is 0.255 e. The molecule has 2 heteroatoms. The van der Waals surface area contributed by atoms with Gasteiger partial charge in [-0.3, -0.25) is 5.43 Å². The van der Waals surface area contributed by atoms with Crippen molar-refractivity contribution in [1.29, 1.82) is 0 Å². The van der Waals surface area contributed by atoms with Crippen LogP contribution in [0.2, 0.25) is 0 Å². The SMILES string of the molecule is CCCCCCC(C)(CCCCC)N1CCCN1. The van der Waals surface area contributed by atoms with Crippen molar-refractivity contribution < 1.29 is 0 Å². The minimum absolute atomic E-state index is 0.402. The molecule has 1 saturated heterocycles. The Morgan fingerprint density at radius 2 is 1.56 bits per heavy atom. The van der Waals surface area contributed by atoms with Crippen molar-refractivity contribution in [3.8, 4) is 0 Å². The Balaban J connectivity index is 2.39. The molecule has 108 valence electrons. The molecule has 1 atom stereocenters. The number of hydrogen-bond donors (Lipinski definition) is 1. The topological polar surface area (TPSA) is 15.3 Å². The normalized spacial score (nSPS) is 20.2. The average molecular weight is 254 g/mol. The molecule has 0 aliphatic carbocycles. The zero-order chi connectivity index (χ0) is 13.3. The quantitative estimate of drug-likeness (QED) is 0.577. The Morgan fingerprint density at radius 1 is 0.944 bits per heavy atom. The van der Waals surface area contributed by atoms with Gasteiger partial charge >= 0.3 is 0 Å². The second kappa shape index (κ2) is 8.92. The van der Waals surface area contributed by atoms with Gasteiger partial charge in [0.15, 0.2) is 0 Å². The van der Waals surface area contributed by atoms with Crippen molar-refractivity contribution in [2.45, 2.75) is 90.5 Å². The number of nitrogens with one attached hydrogen (secondary N) is 1. The first-order valence-electron chi connectivity index (χ1n) is 8.24. The number of nitrogens with zero attached hydrogens (tertiary/aromatic N) is 1. The lowest BCUT2D eigenvalue weighted by Gasteiger charge is -2.39. The molecule has 0 aromatic rings. The fraction of sp³-hybridized carbons (Fsp3) is 1.00. The van der Waals surface area contributed by atoms with Crippen molar-refractivity contribution in [2.24, 2.45) is 0 Å². The third kappa shape index (κ3) is 5.27. The lowest BCUT2D eigenvalue weighted by atomic mass is 9.87. The Morgan fingerprint density at radius 3 is 2.11 bits per heavy atom. The summed E-state index contributed by atoms with van der Waals surface area (Å²) in [5.41, 5.74) is 4.00. The molecule has 0 aromatic heterocycles. The average Bonchev–Trinajstić information content (AvgIpc) is 2.89. The molecule has 1 fully saturated rings. The first kappa shape index (κ1) is 16.0. The third-order valence-electron chi connectivity index (χ3n) is 4.40. The number of unbranched alkanes of at least 4 members (excludes halogenated alkanes) is 5. The number of hydrogen-bond acceptors (Lipinski definition) is 2. The Kier molecular flexibility index (Phi) is 7.92. The van der Waals surface area contributed by atoms with Gasteiger partial charge in [-0.1, -0.05) is 58.8 Å². The molecule has 1 aliphatic rings. The van der Waals surface area contributed by atoms with Crippen molar-refractivity contribution in [3.05, 3.63) is 0 Å². The Bertz CT molecular complexity index is 199. The van der Waals surface area contributed by atoms with Crippen molar-refractivity contribution in [2.75, 3.05) is 13.1 Å². The summed E-state index contributed by atoms with van der Waals surface area (Å²) in [6, 6.07) is 0. The number of rotatable bonds is 10. The minimum atomic E-state index is 0.402. The molecule has 1 aliphatic heterocycles. The molecule has 0 aromatic carbocycles. The molecule has 1 rings (SSSR count). The highest BCUT2D eigenvalue weighted by atomic mass is 15.6. The van der Waals surface area contributed by atoms with Crippen LogP contribution in [-0.4, -0.2) is 23.6 Å². The van der Waals surface area contributed by atoms with E-state index in [2.05, 4.69) is 31.2 Å². The minimum Gasteiger partial charge on any atom is -0.255 e. The van der Waals surface area contributed by atoms with Crippen molar-refractivity contribution in [3.63, 3.8) is 0 Å². The summed E-state index contributed by atoms with van der Waals surface area (Å²) in [5, 5.41) is 2.55. The third-order valence-corrected chi connectivity index (χ3v) is 4.40. The number of hydrazine groups is 1.